The van der Waals surface area contributed by atoms with E-state index in [1.54, 1.807) is 37.7 Å². The number of nitrogens with one attached hydrogen (secondary N) is 1. The molecule has 0 saturated carbocycles. The van der Waals surface area contributed by atoms with E-state index in [0.29, 0.717) is 36.0 Å². The molecule has 1 N–H and O–H groups in total. The fourth-order valence-corrected chi connectivity index (χ4v) is 2.34. The average molecular weight is 364 g/mol. The van der Waals surface area contributed by atoms with Crippen molar-refractivity contribution in [3.05, 3.63) is 42.2 Å². The second-order valence-corrected chi connectivity index (χ2v) is 6.52. The van der Waals surface area contributed by atoms with E-state index in [-0.39, 0.29) is 5.60 Å². The normalized spacial score (nSPS) is 11.2. The van der Waals surface area contributed by atoms with Crippen LogP contribution in [0.5, 0.6) is 5.75 Å². The van der Waals surface area contributed by atoms with Gasteiger partial charge in [-0.2, -0.15) is 20.6 Å². The highest BCUT2D eigenvalue weighted by atomic mass is 16.5. The maximum Gasteiger partial charge on any atom is 0.183 e. The standard InChI is InChI=1S/C19H20N6O2/c1-19(2,26-3)7-9-27-16-5-4-13(10-15(16)11-20)17-23-18(25-24-17)14-6-8-21-22-12-14/h4-6,8,10,12H,7,9H2,1-3H3,(H,23,24,25). The van der Waals surface area contributed by atoms with Crippen molar-refractivity contribution in [1.29, 1.82) is 5.26 Å². The molecular weight excluding hydrogens is 344 g/mol. The molecule has 8 nitrogen and oxygen atoms in total. The van der Waals surface area contributed by atoms with Crippen LogP contribution in [-0.2, 0) is 4.74 Å². The van der Waals surface area contributed by atoms with Crippen LogP contribution in [0.1, 0.15) is 25.8 Å². The van der Waals surface area contributed by atoms with Crippen molar-refractivity contribution in [2.75, 3.05) is 13.7 Å². The molecule has 0 spiro atoms. The molecule has 0 aliphatic rings. The van der Waals surface area contributed by atoms with Gasteiger partial charge < -0.3 is 9.47 Å². The Morgan fingerprint density at radius 2 is 2.04 bits per heavy atom. The van der Waals surface area contributed by atoms with Gasteiger partial charge in [0, 0.05) is 24.7 Å². The van der Waals surface area contributed by atoms with Crippen LogP contribution in [0.3, 0.4) is 0 Å². The predicted octanol–water partition coefficient (Wildman–Crippen LogP) is 2.99. The molecule has 3 aromatic rings. The summed E-state index contributed by atoms with van der Waals surface area (Å²) in [5, 5.41) is 24.1. The monoisotopic (exact) mass is 364 g/mol. The summed E-state index contributed by atoms with van der Waals surface area (Å²) in [5.41, 5.74) is 1.67. The van der Waals surface area contributed by atoms with Crippen molar-refractivity contribution in [3.8, 4) is 34.6 Å². The van der Waals surface area contributed by atoms with Gasteiger partial charge in [0.2, 0.25) is 0 Å². The molecule has 0 aliphatic carbocycles. The van der Waals surface area contributed by atoms with Gasteiger partial charge in [0.1, 0.15) is 11.8 Å². The van der Waals surface area contributed by atoms with Gasteiger partial charge in [-0.15, -0.1) is 0 Å². The molecule has 0 aliphatic heterocycles. The van der Waals surface area contributed by atoms with E-state index in [1.807, 2.05) is 19.9 Å². The van der Waals surface area contributed by atoms with Crippen LogP contribution in [0, 0.1) is 11.3 Å². The van der Waals surface area contributed by atoms with Gasteiger partial charge in [-0.25, -0.2) is 4.98 Å². The van der Waals surface area contributed by atoms with E-state index >= 15 is 0 Å². The maximum atomic E-state index is 9.46. The van der Waals surface area contributed by atoms with Crippen LogP contribution in [0.4, 0.5) is 0 Å². The molecule has 0 radical (unpaired) electrons. The first-order valence-electron chi connectivity index (χ1n) is 8.44. The molecule has 27 heavy (non-hydrogen) atoms. The van der Waals surface area contributed by atoms with Crippen LogP contribution in [0.2, 0.25) is 0 Å². The molecule has 138 valence electrons. The van der Waals surface area contributed by atoms with Crippen molar-refractivity contribution < 1.29 is 9.47 Å². The van der Waals surface area contributed by atoms with Crippen LogP contribution in [0.15, 0.2) is 36.7 Å². The van der Waals surface area contributed by atoms with Gasteiger partial charge in [-0.05, 0) is 38.1 Å². The Morgan fingerprint density at radius 1 is 1.19 bits per heavy atom. The van der Waals surface area contributed by atoms with Crippen LogP contribution in [0.25, 0.3) is 22.8 Å². The SMILES string of the molecule is COC(C)(C)CCOc1ccc(-c2nc(-c3ccnnc3)n[nH]2)cc1C#N. The number of aromatic nitrogens is 5. The summed E-state index contributed by atoms with van der Waals surface area (Å²) in [7, 11) is 1.67. The van der Waals surface area contributed by atoms with Gasteiger partial charge >= 0.3 is 0 Å². The van der Waals surface area contributed by atoms with Crippen molar-refractivity contribution in [1.82, 2.24) is 25.4 Å². The Balaban J connectivity index is 1.77. The first-order valence-corrected chi connectivity index (χ1v) is 8.44. The minimum atomic E-state index is -0.273. The summed E-state index contributed by atoms with van der Waals surface area (Å²) in [6, 6.07) is 9.28. The summed E-state index contributed by atoms with van der Waals surface area (Å²) in [6.07, 6.45) is 3.88. The fourth-order valence-electron chi connectivity index (χ4n) is 2.34. The number of hydrogen-bond acceptors (Lipinski definition) is 7. The number of nitrogens with zero attached hydrogens (tertiary/aromatic N) is 5. The van der Waals surface area contributed by atoms with E-state index in [9.17, 15) is 5.26 Å². The third-order valence-electron chi connectivity index (χ3n) is 4.22. The fraction of sp³-hybridized carbons (Fsp3) is 0.316. The topological polar surface area (TPSA) is 110 Å². The summed E-state index contributed by atoms with van der Waals surface area (Å²) >= 11 is 0. The lowest BCUT2D eigenvalue weighted by atomic mass is 10.1. The molecule has 8 heteroatoms. The molecule has 0 atom stereocenters. The highest BCUT2D eigenvalue weighted by Gasteiger charge is 2.17. The quantitative estimate of drug-likeness (QED) is 0.686. The van der Waals surface area contributed by atoms with E-state index in [0.717, 1.165) is 11.1 Å². The third-order valence-corrected chi connectivity index (χ3v) is 4.22. The summed E-state index contributed by atoms with van der Waals surface area (Å²) in [4.78, 5) is 4.46. The summed E-state index contributed by atoms with van der Waals surface area (Å²) in [5.74, 6) is 1.61. The van der Waals surface area contributed by atoms with Gasteiger partial charge in [0.15, 0.2) is 11.6 Å². The minimum absolute atomic E-state index is 0.273. The zero-order valence-electron chi connectivity index (χ0n) is 15.4. The van der Waals surface area contributed by atoms with Gasteiger partial charge in [-0.1, -0.05) is 0 Å². The smallest absolute Gasteiger partial charge is 0.183 e. The van der Waals surface area contributed by atoms with Crippen LogP contribution < -0.4 is 4.74 Å². The second-order valence-electron chi connectivity index (χ2n) is 6.52. The van der Waals surface area contributed by atoms with E-state index in [1.165, 1.54) is 0 Å². The number of aromatic amines is 1. The van der Waals surface area contributed by atoms with E-state index in [4.69, 9.17) is 9.47 Å². The lowest BCUT2D eigenvalue weighted by molar-refractivity contribution is 0.00543. The van der Waals surface area contributed by atoms with Crippen molar-refractivity contribution in [2.45, 2.75) is 25.9 Å². The summed E-state index contributed by atoms with van der Waals surface area (Å²) in [6.45, 7) is 4.44. The average Bonchev–Trinajstić information content (AvgIpc) is 3.19. The molecule has 0 amide bonds. The van der Waals surface area contributed by atoms with Crippen LogP contribution in [-0.4, -0.2) is 44.7 Å². The Kier molecular flexibility index (Phi) is 5.43. The molecule has 2 heterocycles. The molecule has 0 fully saturated rings. The Hall–Kier alpha value is -3.31. The maximum absolute atomic E-state index is 9.46. The highest BCUT2D eigenvalue weighted by Crippen LogP contribution is 2.26. The highest BCUT2D eigenvalue weighted by molar-refractivity contribution is 5.64. The number of H-pyrrole nitrogens is 1. The lowest BCUT2D eigenvalue weighted by Gasteiger charge is -2.22. The Bertz CT molecular complexity index is 946. The molecule has 2 aromatic heterocycles. The predicted molar refractivity (Wildman–Crippen MR) is 98.8 cm³/mol. The summed E-state index contributed by atoms with van der Waals surface area (Å²) < 4.78 is 11.1. The first-order chi connectivity index (χ1) is 13.0. The zero-order valence-corrected chi connectivity index (χ0v) is 15.4. The van der Waals surface area contributed by atoms with Crippen LogP contribution >= 0.6 is 0 Å². The van der Waals surface area contributed by atoms with Gasteiger partial charge in [0.25, 0.3) is 0 Å². The molecule has 0 unspecified atom stereocenters. The number of benzene rings is 1. The van der Waals surface area contributed by atoms with Crippen molar-refractivity contribution in [2.24, 2.45) is 0 Å². The van der Waals surface area contributed by atoms with Crippen molar-refractivity contribution in [3.63, 3.8) is 0 Å². The Labute approximate surface area is 157 Å². The first kappa shape index (κ1) is 18.5. The Morgan fingerprint density at radius 3 is 2.74 bits per heavy atom. The third kappa shape index (κ3) is 4.46. The number of hydrogen-bond donors (Lipinski definition) is 1. The number of ether oxygens (including phenoxy) is 2. The van der Waals surface area contributed by atoms with E-state index < -0.39 is 0 Å². The second kappa shape index (κ2) is 7.93. The number of nitriles is 1. The lowest BCUT2D eigenvalue weighted by Crippen LogP contribution is -2.25. The molecule has 1 aromatic carbocycles. The number of rotatable bonds is 7. The largest absolute Gasteiger partial charge is 0.492 e. The molecule has 0 bridgehead atoms. The zero-order chi connectivity index (χ0) is 19.3. The molecular formula is C19H20N6O2. The number of methoxy groups -OCH3 is 1. The minimum Gasteiger partial charge on any atom is -0.492 e. The molecule has 0 saturated heterocycles. The molecule has 3 rings (SSSR count). The van der Waals surface area contributed by atoms with Gasteiger partial charge in [0.05, 0.1) is 30.2 Å². The van der Waals surface area contributed by atoms with E-state index in [2.05, 4.69) is 31.4 Å². The van der Waals surface area contributed by atoms with Gasteiger partial charge in [-0.3, -0.25) is 5.10 Å². The van der Waals surface area contributed by atoms with Crippen molar-refractivity contribution >= 4 is 0 Å².